The van der Waals surface area contributed by atoms with Gasteiger partial charge in [0.15, 0.2) is 0 Å². The third kappa shape index (κ3) is 4.23. The van der Waals surface area contributed by atoms with Crippen LogP contribution in [-0.2, 0) is 9.53 Å². The molecule has 4 amide bonds. The zero-order valence-electron chi connectivity index (χ0n) is 18.1. The topological polar surface area (TPSA) is 87.2 Å². The van der Waals surface area contributed by atoms with Crippen molar-refractivity contribution in [2.45, 2.75) is 27.2 Å². The molecular formula is C22H29N3O5. The smallest absolute Gasteiger partial charge is 0.261 e. The Bertz CT molecular complexity index is 866. The van der Waals surface area contributed by atoms with Crippen LogP contribution in [0.15, 0.2) is 18.2 Å². The molecule has 8 nitrogen and oxygen atoms in total. The average molecular weight is 415 g/mol. The molecule has 0 N–H and O–H groups in total. The lowest BCUT2D eigenvalue weighted by atomic mass is 9.94. The quantitative estimate of drug-likeness (QED) is 0.539. The number of piperazine rings is 1. The first-order valence-corrected chi connectivity index (χ1v) is 10.2. The van der Waals surface area contributed by atoms with E-state index in [0.717, 1.165) is 0 Å². The van der Waals surface area contributed by atoms with E-state index >= 15 is 0 Å². The summed E-state index contributed by atoms with van der Waals surface area (Å²) in [6, 6.07) is 4.66. The molecule has 1 aromatic carbocycles. The fourth-order valence-electron chi connectivity index (χ4n) is 3.76. The van der Waals surface area contributed by atoms with Gasteiger partial charge in [-0.25, -0.2) is 0 Å². The van der Waals surface area contributed by atoms with E-state index in [2.05, 4.69) is 0 Å². The van der Waals surface area contributed by atoms with Gasteiger partial charge >= 0.3 is 0 Å². The van der Waals surface area contributed by atoms with Crippen molar-refractivity contribution in [3.8, 4) is 0 Å². The predicted molar refractivity (Wildman–Crippen MR) is 110 cm³/mol. The van der Waals surface area contributed by atoms with Gasteiger partial charge in [-0.05, 0) is 24.6 Å². The number of imide groups is 1. The summed E-state index contributed by atoms with van der Waals surface area (Å²) in [5.74, 6) is -0.829. The van der Waals surface area contributed by atoms with Crippen molar-refractivity contribution in [2.24, 2.45) is 5.41 Å². The molecular weight excluding hydrogens is 386 g/mol. The molecule has 0 aromatic heterocycles. The Balaban J connectivity index is 1.68. The minimum Gasteiger partial charge on any atom is -0.385 e. The van der Waals surface area contributed by atoms with Crippen molar-refractivity contribution in [3.05, 3.63) is 34.9 Å². The summed E-state index contributed by atoms with van der Waals surface area (Å²) < 4.78 is 4.98. The van der Waals surface area contributed by atoms with Crippen LogP contribution in [0, 0.1) is 5.41 Å². The van der Waals surface area contributed by atoms with Crippen LogP contribution in [0.2, 0.25) is 0 Å². The second-order valence-corrected chi connectivity index (χ2v) is 8.70. The minimum atomic E-state index is -0.450. The summed E-state index contributed by atoms with van der Waals surface area (Å²) in [6.45, 7) is 8.24. The summed E-state index contributed by atoms with van der Waals surface area (Å²) in [5.41, 5.74) is 0.525. The lowest BCUT2D eigenvalue weighted by molar-refractivity contribution is -0.140. The van der Waals surface area contributed by atoms with E-state index in [1.807, 2.05) is 20.8 Å². The van der Waals surface area contributed by atoms with Crippen LogP contribution in [-0.4, -0.2) is 84.8 Å². The van der Waals surface area contributed by atoms with Gasteiger partial charge in [0.25, 0.3) is 17.7 Å². The lowest BCUT2D eigenvalue weighted by Crippen LogP contribution is -2.53. The monoisotopic (exact) mass is 415 g/mol. The fraction of sp³-hybridized carbons (Fsp3) is 0.545. The van der Waals surface area contributed by atoms with E-state index in [9.17, 15) is 19.2 Å². The normalized spacial score (nSPS) is 16.9. The summed E-state index contributed by atoms with van der Waals surface area (Å²) in [7, 11) is 1.57. The molecule has 3 rings (SSSR count). The molecule has 0 atom stereocenters. The number of hydrogen-bond donors (Lipinski definition) is 0. The maximum absolute atomic E-state index is 12.9. The average Bonchev–Trinajstić information content (AvgIpc) is 2.96. The van der Waals surface area contributed by atoms with Gasteiger partial charge in [0.05, 0.1) is 11.1 Å². The Morgan fingerprint density at radius 2 is 1.57 bits per heavy atom. The van der Waals surface area contributed by atoms with Crippen LogP contribution in [0.4, 0.5) is 0 Å². The highest BCUT2D eigenvalue weighted by molar-refractivity contribution is 6.22. The summed E-state index contributed by atoms with van der Waals surface area (Å²) in [5, 5.41) is 0. The molecule has 8 heteroatoms. The van der Waals surface area contributed by atoms with Gasteiger partial charge in [-0.3, -0.25) is 24.1 Å². The zero-order chi connectivity index (χ0) is 22.1. The second-order valence-electron chi connectivity index (χ2n) is 8.70. The van der Waals surface area contributed by atoms with Crippen molar-refractivity contribution in [2.75, 3.05) is 46.4 Å². The van der Waals surface area contributed by atoms with Crippen LogP contribution in [0.3, 0.4) is 0 Å². The van der Waals surface area contributed by atoms with E-state index in [4.69, 9.17) is 4.74 Å². The molecule has 30 heavy (non-hydrogen) atoms. The van der Waals surface area contributed by atoms with E-state index in [1.165, 1.54) is 11.0 Å². The Hall–Kier alpha value is -2.74. The number of ether oxygens (including phenoxy) is 1. The van der Waals surface area contributed by atoms with Gasteiger partial charge in [0.1, 0.15) is 0 Å². The maximum Gasteiger partial charge on any atom is 0.261 e. The molecule has 2 aliphatic heterocycles. The molecule has 1 aromatic rings. The molecule has 1 saturated heterocycles. The van der Waals surface area contributed by atoms with Gasteiger partial charge in [-0.15, -0.1) is 0 Å². The highest BCUT2D eigenvalue weighted by atomic mass is 16.5. The Morgan fingerprint density at radius 1 is 0.967 bits per heavy atom. The number of carbonyl (C=O) groups is 4. The van der Waals surface area contributed by atoms with Gasteiger partial charge in [-0.2, -0.15) is 0 Å². The zero-order valence-corrected chi connectivity index (χ0v) is 18.1. The summed E-state index contributed by atoms with van der Waals surface area (Å²) in [6.07, 6.45) is 0.561. The lowest BCUT2D eigenvalue weighted by Gasteiger charge is -2.37. The van der Waals surface area contributed by atoms with Crippen molar-refractivity contribution in [3.63, 3.8) is 0 Å². The molecule has 0 saturated carbocycles. The molecule has 0 bridgehead atoms. The first kappa shape index (κ1) is 22.0. The number of nitrogens with zero attached hydrogens (tertiary/aromatic N) is 3. The second kappa shape index (κ2) is 8.55. The fourth-order valence-corrected chi connectivity index (χ4v) is 3.76. The first-order valence-electron chi connectivity index (χ1n) is 10.2. The Labute approximate surface area is 176 Å². The standard InChI is InChI=1S/C22H29N3O5/c1-22(2,3)21(29)24-11-9-23(10-12-24)18(26)15-6-7-16-17(14-15)20(28)25(19(16)27)8-5-13-30-4/h6-7,14H,5,8-13H2,1-4H3. The SMILES string of the molecule is COCCCN1C(=O)c2ccc(C(=O)N3CCN(C(=O)C(C)(C)C)CC3)cc2C1=O. The van der Waals surface area contributed by atoms with Crippen molar-refractivity contribution < 1.29 is 23.9 Å². The van der Waals surface area contributed by atoms with E-state index in [1.54, 1.807) is 29.0 Å². The minimum absolute atomic E-state index is 0.0739. The van der Waals surface area contributed by atoms with E-state index < -0.39 is 5.41 Å². The molecule has 0 unspecified atom stereocenters. The number of methoxy groups -OCH3 is 1. The van der Waals surface area contributed by atoms with Crippen molar-refractivity contribution >= 4 is 23.6 Å². The van der Waals surface area contributed by atoms with Crippen LogP contribution >= 0.6 is 0 Å². The number of amides is 4. The van der Waals surface area contributed by atoms with Crippen LogP contribution in [0.25, 0.3) is 0 Å². The number of hydrogen-bond acceptors (Lipinski definition) is 5. The predicted octanol–water partition coefficient (Wildman–Crippen LogP) is 1.65. The highest BCUT2D eigenvalue weighted by Gasteiger charge is 2.36. The largest absolute Gasteiger partial charge is 0.385 e. The Morgan fingerprint density at radius 3 is 2.17 bits per heavy atom. The molecule has 162 valence electrons. The summed E-state index contributed by atoms with van der Waals surface area (Å²) >= 11 is 0. The number of fused-ring (bicyclic) bond motifs is 1. The highest BCUT2D eigenvalue weighted by Crippen LogP contribution is 2.25. The third-order valence-corrected chi connectivity index (χ3v) is 5.44. The molecule has 2 heterocycles. The van der Waals surface area contributed by atoms with Crippen LogP contribution < -0.4 is 0 Å². The number of rotatable bonds is 5. The van der Waals surface area contributed by atoms with Crippen molar-refractivity contribution in [1.29, 1.82) is 0 Å². The maximum atomic E-state index is 12.9. The summed E-state index contributed by atoms with van der Waals surface area (Å²) in [4.78, 5) is 55.2. The van der Waals surface area contributed by atoms with Crippen molar-refractivity contribution in [1.82, 2.24) is 14.7 Å². The molecule has 0 aliphatic carbocycles. The van der Waals surface area contributed by atoms with E-state index in [-0.39, 0.29) is 35.7 Å². The third-order valence-electron chi connectivity index (χ3n) is 5.44. The van der Waals surface area contributed by atoms with E-state index in [0.29, 0.717) is 50.3 Å². The molecule has 0 radical (unpaired) electrons. The first-order chi connectivity index (χ1) is 14.1. The molecule has 1 fully saturated rings. The number of benzene rings is 1. The van der Waals surface area contributed by atoms with Crippen LogP contribution in [0.5, 0.6) is 0 Å². The van der Waals surface area contributed by atoms with Crippen LogP contribution in [0.1, 0.15) is 58.3 Å². The van der Waals surface area contributed by atoms with Gasteiger partial charge < -0.3 is 14.5 Å². The van der Waals surface area contributed by atoms with Gasteiger partial charge in [-0.1, -0.05) is 20.8 Å². The molecule has 2 aliphatic rings. The van der Waals surface area contributed by atoms with Gasteiger partial charge in [0.2, 0.25) is 5.91 Å². The number of carbonyl (C=O) groups excluding carboxylic acids is 4. The Kier molecular flexibility index (Phi) is 6.26. The molecule has 0 spiro atoms. The van der Waals surface area contributed by atoms with Gasteiger partial charge in [0, 0.05) is 57.4 Å².